The van der Waals surface area contributed by atoms with E-state index in [1.165, 1.54) is 0 Å². The van der Waals surface area contributed by atoms with Gasteiger partial charge in [0.05, 0.1) is 18.8 Å². The van der Waals surface area contributed by atoms with E-state index in [-0.39, 0.29) is 5.91 Å². The molecule has 6 heteroatoms. The Balaban J connectivity index is 2.26. The second kappa shape index (κ2) is 8.74. The van der Waals surface area contributed by atoms with Crippen molar-refractivity contribution >= 4 is 23.2 Å². The lowest BCUT2D eigenvalue weighted by atomic mass is 10.1. The molecule has 0 saturated heterocycles. The van der Waals surface area contributed by atoms with Gasteiger partial charge in [-0.05, 0) is 24.6 Å². The fraction of sp³-hybridized carbons (Fsp3) is 0.462. The largest absolute Gasteiger partial charge is 0.398 e. The van der Waals surface area contributed by atoms with Gasteiger partial charge in [0.1, 0.15) is 0 Å². The molecule has 0 fully saturated rings. The molecule has 1 aromatic carbocycles. The van der Waals surface area contributed by atoms with Crippen molar-refractivity contribution in [3.05, 3.63) is 28.8 Å². The maximum absolute atomic E-state index is 11.8. The summed E-state index contributed by atoms with van der Waals surface area (Å²) in [6, 6.07) is 4.82. The Hall–Kier alpha value is -1.30. The number of methoxy groups -OCH3 is 1. The van der Waals surface area contributed by atoms with Gasteiger partial charge in [-0.2, -0.15) is 0 Å². The molecule has 0 aliphatic heterocycles. The highest BCUT2D eigenvalue weighted by molar-refractivity contribution is 6.31. The minimum Gasteiger partial charge on any atom is -0.398 e. The molecule has 0 bridgehead atoms. The third-order valence-electron chi connectivity index (χ3n) is 2.44. The lowest BCUT2D eigenvalue weighted by molar-refractivity contribution is 0.0688. The number of hydrogen-bond donors (Lipinski definition) is 2. The number of benzene rings is 1. The van der Waals surface area contributed by atoms with Crippen LogP contribution in [0.3, 0.4) is 0 Å². The molecule has 0 aliphatic rings. The minimum atomic E-state index is -0.225. The highest BCUT2D eigenvalue weighted by Crippen LogP contribution is 2.17. The van der Waals surface area contributed by atoms with Crippen LogP contribution in [0, 0.1) is 0 Å². The fourth-order valence-electron chi connectivity index (χ4n) is 1.44. The van der Waals surface area contributed by atoms with Crippen molar-refractivity contribution in [1.29, 1.82) is 0 Å². The summed E-state index contributed by atoms with van der Waals surface area (Å²) >= 11 is 5.83. The number of rotatable bonds is 8. The number of nitrogens with two attached hydrogens (primary N) is 1. The predicted molar refractivity (Wildman–Crippen MR) is 75.5 cm³/mol. The van der Waals surface area contributed by atoms with E-state index in [0.717, 1.165) is 6.42 Å². The molecule has 3 N–H and O–H groups in total. The Bertz CT molecular complexity index is 413. The van der Waals surface area contributed by atoms with Crippen LogP contribution in [-0.2, 0) is 9.47 Å². The number of nitrogens with one attached hydrogen (secondary N) is 1. The van der Waals surface area contributed by atoms with Gasteiger partial charge in [0.2, 0.25) is 0 Å². The average Bonchev–Trinajstić information content (AvgIpc) is 2.40. The van der Waals surface area contributed by atoms with E-state index in [1.54, 1.807) is 25.3 Å². The Morgan fingerprint density at radius 3 is 2.89 bits per heavy atom. The van der Waals surface area contributed by atoms with Crippen molar-refractivity contribution in [3.63, 3.8) is 0 Å². The zero-order valence-electron chi connectivity index (χ0n) is 10.9. The normalized spacial score (nSPS) is 10.4. The average molecular weight is 287 g/mol. The van der Waals surface area contributed by atoms with E-state index in [1.807, 2.05) is 0 Å². The molecule has 0 aromatic heterocycles. The SMILES string of the molecule is COCCOCCCNC(=O)c1cc(Cl)ccc1N. The number of carbonyl (C=O) groups is 1. The van der Waals surface area contributed by atoms with Gasteiger partial charge in [0.15, 0.2) is 0 Å². The molecule has 0 aliphatic carbocycles. The molecule has 1 amide bonds. The van der Waals surface area contributed by atoms with E-state index in [4.69, 9.17) is 26.8 Å². The lowest BCUT2D eigenvalue weighted by Crippen LogP contribution is -2.26. The van der Waals surface area contributed by atoms with Crippen molar-refractivity contribution in [3.8, 4) is 0 Å². The van der Waals surface area contributed by atoms with Gasteiger partial charge >= 0.3 is 0 Å². The topological polar surface area (TPSA) is 73.6 Å². The first-order valence-corrected chi connectivity index (χ1v) is 6.43. The number of anilines is 1. The molecular formula is C13H19ClN2O3. The van der Waals surface area contributed by atoms with Gasteiger partial charge in [-0.25, -0.2) is 0 Å². The molecule has 0 atom stereocenters. The van der Waals surface area contributed by atoms with Crippen LogP contribution in [0.5, 0.6) is 0 Å². The van der Waals surface area contributed by atoms with E-state index < -0.39 is 0 Å². The first-order valence-electron chi connectivity index (χ1n) is 6.05. The molecule has 106 valence electrons. The number of ether oxygens (including phenoxy) is 2. The molecule has 0 radical (unpaired) electrons. The van der Waals surface area contributed by atoms with Crippen molar-refractivity contribution in [2.75, 3.05) is 39.2 Å². The fourth-order valence-corrected chi connectivity index (χ4v) is 1.61. The van der Waals surface area contributed by atoms with E-state index in [9.17, 15) is 4.79 Å². The van der Waals surface area contributed by atoms with Gasteiger partial charge in [-0.3, -0.25) is 4.79 Å². The summed E-state index contributed by atoms with van der Waals surface area (Å²) in [5.74, 6) is -0.225. The molecule has 1 aromatic rings. The Labute approximate surface area is 118 Å². The number of amides is 1. The maximum Gasteiger partial charge on any atom is 0.253 e. The van der Waals surface area contributed by atoms with Crippen LogP contribution in [0.25, 0.3) is 0 Å². The molecule has 0 heterocycles. The smallest absolute Gasteiger partial charge is 0.253 e. The Morgan fingerprint density at radius 2 is 2.16 bits per heavy atom. The number of nitrogen functional groups attached to an aromatic ring is 1. The molecular weight excluding hydrogens is 268 g/mol. The van der Waals surface area contributed by atoms with Crippen molar-refractivity contribution in [2.24, 2.45) is 0 Å². The molecule has 5 nitrogen and oxygen atoms in total. The summed E-state index contributed by atoms with van der Waals surface area (Å²) in [4.78, 5) is 11.8. The van der Waals surface area contributed by atoms with Gasteiger partial charge < -0.3 is 20.5 Å². The molecule has 0 saturated carbocycles. The summed E-state index contributed by atoms with van der Waals surface area (Å²) in [5.41, 5.74) is 6.53. The minimum absolute atomic E-state index is 0.225. The summed E-state index contributed by atoms with van der Waals surface area (Å²) < 4.78 is 10.1. The van der Waals surface area contributed by atoms with Crippen molar-refractivity contribution < 1.29 is 14.3 Å². The Morgan fingerprint density at radius 1 is 1.37 bits per heavy atom. The molecule has 1 rings (SSSR count). The van der Waals surface area contributed by atoms with E-state index >= 15 is 0 Å². The highest BCUT2D eigenvalue weighted by atomic mass is 35.5. The van der Waals surface area contributed by atoms with Crippen molar-refractivity contribution in [2.45, 2.75) is 6.42 Å². The Kier molecular flexibility index (Phi) is 7.25. The lowest BCUT2D eigenvalue weighted by Gasteiger charge is -2.08. The van der Waals surface area contributed by atoms with Crippen LogP contribution in [0.4, 0.5) is 5.69 Å². The van der Waals surface area contributed by atoms with Crippen LogP contribution in [-0.4, -0.2) is 39.4 Å². The maximum atomic E-state index is 11.8. The number of halogens is 1. The first kappa shape index (κ1) is 15.8. The van der Waals surface area contributed by atoms with Gasteiger partial charge in [-0.15, -0.1) is 0 Å². The first-order chi connectivity index (χ1) is 9.15. The number of carbonyl (C=O) groups excluding carboxylic acids is 1. The summed E-state index contributed by atoms with van der Waals surface area (Å²) in [7, 11) is 1.62. The summed E-state index contributed by atoms with van der Waals surface area (Å²) in [6.45, 7) is 2.24. The summed E-state index contributed by atoms with van der Waals surface area (Å²) in [5, 5.41) is 3.26. The third kappa shape index (κ3) is 5.92. The number of hydrogen-bond acceptors (Lipinski definition) is 4. The molecule has 0 unspecified atom stereocenters. The van der Waals surface area contributed by atoms with Crippen LogP contribution in [0.1, 0.15) is 16.8 Å². The highest BCUT2D eigenvalue weighted by Gasteiger charge is 2.09. The van der Waals surface area contributed by atoms with Crippen LogP contribution < -0.4 is 11.1 Å². The van der Waals surface area contributed by atoms with E-state index in [0.29, 0.717) is 42.6 Å². The second-order valence-corrected chi connectivity index (χ2v) is 4.38. The van der Waals surface area contributed by atoms with Crippen LogP contribution >= 0.6 is 11.6 Å². The summed E-state index contributed by atoms with van der Waals surface area (Å²) in [6.07, 6.45) is 0.732. The van der Waals surface area contributed by atoms with Crippen LogP contribution in [0.2, 0.25) is 5.02 Å². The zero-order valence-corrected chi connectivity index (χ0v) is 11.7. The van der Waals surface area contributed by atoms with E-state index in [2.05, 4.69) is 5.32 Å². The quantitative estimate of drug-likeness (QED) is 0.563. The second-order valence-electron chi connectivity index (χ2n) is 3.95. The third-order valence-corrected chi connectivity index (χ3v) is 2.68. The van der Waals surface area contributed by atoms with Crippen molar-refractivity contribution in [1.82, 2.24) is 5.32 Å². The van der Waals surface area contributed by atoms with Gasteiger partial charge in [0, 0.05) is 31.0 Å². The van der Waals surface area contributed by atoms with Gasteiger partial charge in [0.25, 0.3) is 5.91 Å². The molecule has 0 spiro atoms. The standard InChI is InChI=1S/C13H19ClN2O3/c1-18-7-8-19-6-2-5-16-13(17)11-9-10(14)3-4-12(11)15/h3-4,9H,2,5-8,15H2,1H3,(H,16,17). The molecule has 19 heavy (non-hydrogen) atoms. The zero-order chi connectivity index (χ0) is 14.1. The van der Waals surface area contributed by atoms with Gasteiger partial charge in [-0.1, -0.05) is 11.6 Å². The van der Waals surface area contributed by atoms with Crippen LogP contribution in [0.15, 0.2) is 18.2 Å². The predicted octanol–water partition coefficient (Wildman–Crippen LogP) is 1.71. The monoisotopic (exact) mass is 286 g/mol.